The first-order valence-electron chi connectivity index (χ1n) is 12.8. The monoisotopic (exact) mass is 574 g/mol. The van der Waals surface area contributed by atoms with E-state index in [1.54, 1.807) is 24.3 Å². The highest BCUT2D eigenvalue weighted by atomic mass is 35.5. The van der Waals surface area contributed by atoms with Crippen molar-refractivity contribution in [3.8, 4) is 0 Å². The van der Waals surface area contributed by atoms with Crippen LogP contribution < -0.4 is 9.62 Å². The van der Waals surface area contributed by atoms with Crippen LogP contribution in [0.4, 0.5) is 5.69 Å². The van der Waals surface area contributed by atoms with Crippen LogP contribution in [0.3, 0.4) is 0 Å². The molecule has 3 aromatic rings. The lowest BCUT2D eigenvalue weighted by molar-refractivity contribution is -0.143. The molecule has 2 aromatic carbocycles. The number of amides is 2. The number of hydrogen-bond donors (Lipinski definition) is 1. The van der Waals surface area contributed by atoms with E-state index in [1.165, 1.54) is 4.90 Å². The van der Waals surface area contributed by atoms with Gasteiger partial charge in [-0.05, 0) is 67.5 Å². The number of nitrogens with zero attached hydrogens (tertiary/aromatic N) is 3. The van der Waals surface area contributed by atoms with Crippen LogP contribution in [-0.4, -0.2) is 75.3 Å². The highest BCUT2D eigenvalue weighted by molar-refractivity contribution is 7.91. The zero-order chi connectivity index (χ0) is 26.9. The summed E-state index contributed by atoms with van der Waals surface area (Å²) >= 11 is 7.17. The molecule has 38 heavy (non-hydrogen) atoms. The molecule has 2 unspecified atom stereocenters. The second-order valence-corrected chi connectivity index (χ2v) is 13.4. The smallest absolute Gasteiger partial charge is 0.250 e. The Morgan fingerprint density at radius 2 is 1.87 bits per heavy atom. The van der Waals surface area contributed by atoms with Gasteiger partial charge in [0.15, 0.2) is 0 Å². The van der Waals surface area contributed by atoms with Gasteiger partial charge in [-0.15, -0.1) is 11.3 Å². The Bertz CT molecular complexity index is 1430. The maximum atomic E-state index is 13.3. The van der Waals surface area contributed by atoms with Gasteiger partial charge in [-0.3, -0.25) is 9.59 Å². The molecular weight excluding hydrogens is 544 g/mol. The summed E-state index contributed by atoms with van der Waals surface area (Å²) in [6.45, 7) is 1.78. The number of thiophene rings is 1. The van der Waals surface area contributed by atoms with Crippen molar-refractivity contribution in [2.24, 2.45) is 0 Å². The molecule has 1 N–H and O–H groups in total. The quantitative estimate of drug-likeness (QED) is 0.440. The van der Waals surface area contributed by atoms with E-state index in [-0.39, 0.29) is 28.6 Å². The molecule has 2 atom stereocenters. The summed E-state index contributed by atoms with van der Waals surface area (Å²) in [7, 11) is -1.89. The number of hydrogen-bond acceptors (Lipinski definition) is 6. The Balaban J connectivity index is 1.22. The van der Waals surface area contributed by atoms with Crippen LogP contribution in [0, 0.1) is 0 Å². The summed E-state index contributed by atoms with van der Waals surface area (Å²) in [5.41, 5.74) is 1.09. The van der Waals surface area contributed by atoms with Gasteiger partial charge in [0.05, 0.1) is 6.54 Å². The molecule has 2 fully saturated rings. The maximum Gasteiger partial charge on any atom is 0.250 e. The van der Waals surface area contributed by atoms with Crippen LogP contribution in [-0.2, 0) is 19.6 Å². The van der Waals surface area contributed by atoms with E-state index in [1.807, 2.05) is 42.3 Å². The fraction of sp³-hybridized carbons (Fsp3) is 0.407. The molecular formula is C27H31ClN4O4S2. The number of para-hydroxylation sites is 1. The Morgan fingerprint density at radius 1 is 1.11 bits per heavy atom. The number of halogens is 1. The summed E-state index contributed by atoms with van der Waals surface area (Å²) in [6.07, 6.45) is 2.86. The van der Waals surface area contributed by atoms with Gasteiger partial charge in [0, 0.05) is 48.1 Å². The van der Waals surface area contributed by atoms with Gasteiger partial charge in [0.2, 0.25) is 11.8 Å². The van der Waals surface area contributed by atoms with Crippen molar-refractivity contribution in [2.75, 3.05) is 38.1 Å². The molecule has 0 spiro atoms. The van der Waals surface area contributed by atoms with Gasteiger partial charge in [0.25, 0.3) is 10.0 Å². The zero-order valence-corrected chi connectivity index (χ0v) is 23.6. The lowest BCUT2D eigenvalue weighted by Crippen LogP contribution is -2.55. The van der Waals surface area contributed by atoms with Gasteiger partial charge in [0.1, 0.15) is 10.3 Å². The SMILES string of the molecule is CN(CC1CCCN1C(=O)CN1CCCC(NS(=O)(=O)c2cc3cc(Cl)ccc3s2)C1=O)c1ccccc1. The molecule has 2 aliphatic heterocycles. The summed E-state index contributed by atoms with van der Waals surface area (Å²) in [6, 6.07) is 16.0. The van der Waals surface area contributed by atoms with E-state index < -0.39 is 16.1 Å². The minimum Gasteiger partial charge on any atom is -0.373 e. The van der Waals surface area contributed by atoms with Gasteiger partial charge in [-0.25, -0.2) is 8.42 Å². The Hall–Kier alpha value is -2.66. The fourth-order valence-electron chi connectivity index (χ4n) is 5.29. The van der Waals surface area contributed by atoms with Crippen LogP contribution in [0.2, 0.25) is 5.02 Å². The topological polar surface area (TPSA) is 90.0 Å². The van der Waals surface area contributed by atoms with Crippen LogP contribution in [0.25, 0.3) is 10.1 Å². The standard InChI is InChI=1S/C27H31ClN4O4S2/c1-30(21-7-3-2-4-8-21)17-22-9-5-14-32(22)25(33)18-31-13-6-10-23(27(31)34)29-38(35,36)26-16-19-15-20(28)11-12-24(19)37-26/h2-4,7-8,11-12,15-16,22-23,29H,5-6,9-10,13-14,17-18H2,1H3. The Morgan fingerprint density at radius 3 is 2.66 bits per heavy atom. The number of sulfonamides is 1. The van der Waals surface area contributed by atoms with E-state index >= 15 is 0 Å². The molecule has 2 saturated heterocycles. The third kappa shape index (κ3) is 5.83. The molecule has 202 valence electrons. The largest absolute Gasteiger partial charge is 0.373 e. The van der Waals surface area contributed by atoms with Crippen LogP contribution in [0.1, 0.15) is 25.7 Å². The molecule has 5 rings (SSSR count). The molecule has 0 saturated carbocycles. The van der Waals surface area contributed by atoms with Crippen LogP contribution >= 0.6 is 22.9 Å². The number of likely N-dealkylation sites (tertiary alicyclic amines) is 2. The first-order chi connectivity index (χ1) is 18.2. The minimum atomic E-state index is -3.91. The number of benzene rings is 2. The molecule has 8 nitrogen and oxygen atoms in total. The number of piperidine rings is 1. The second kappa shape index (κ2) is 11.2. The van der Waals surface area contributed by atoms with Gasteiger partial charge in [-0.1, -0.05) is 29.8 Å². The van der Waals surface area contributed by atoms with Crippen molar-refractivity contribution in [1.82, 2.24) is 14.5 Å². The fourth-order valence-corrected chi connectivity index (χ4v) is 8.09. The molecule has 0 aliphatic carbocycles. The predicted molar refractivity (Wildman–Crippen MR) is 151 cm³/mol. The number of anilines is 1. The average Bonchev–Trinajstić information content (AvgIpc) is 3.54. The number of carbonyl (C=O) groups excluding carboxylic acids is 2. The third-order valence-corrected chi connectivity index (χ3v) is 10.6. The summed E-state index contributed by atoms with van der Waals surface area (Å²) in [4.78, 5) is 32.1. The molecule has 2 amide bonds. The Kier molecular flexibility index (Phi) is 7.95. The first-order valence-corrected chi connectivity index (χ1v) is 15.4. The highest BCUT2D eigenvalue weighted by Gasteiger charge is 2.36. The third-order valence-electron chi connectivity index (χ3n) is 7.25. The summed E-state index contributed by atoms with van der Waals surface area (Å²) in [5.74, 6) is -0.443. The normalized spacial score (nSPS) is 20.3. The van der Waals surface area contributed by atoms with E-state index in [9.17, 15) is 18.0 Å². The van der Waals surface area contributed by atoms with Crippen molar-refractivity contribution in [3.63, 3.8) is 0 Å². The lowest BCUT2D eigenvalue weighted by atomic mass is 10.1. The number of nitrogens with one attached hydrogen (secondary N) is 1. The van der Waals surface area contributed by atoms with Gasteiger partial charge >= 0.3 is 0 Å². The summed E-state index contributed by atoms with van der Waals surface area (Å²) in [5, 5.41) is 1.27. The van der Waals surface area contributed by atoms with Crippen LogP contribution in [0.15, 0.2) is 58.8 Å². The molecule has 0 radical (unpaired) electrons. The lowest BCUT2D eigenvalue weighted by Gasteiger charge is -2.35. The van der Waals surface area contributed by atoms with Crippen molar-refractivity contribution in [2.45, 2.75) is 42.0 Å². The van der Waals surface area contributed by atoms with Crippen LogP contribution in [0.5, 0.6) is 0 Å². The van der Waals surface area contributed by atoms with E-state index in [0.29, 0.717) is 37.5 Å². The van der Waals surface area contributed by atoms with Crippen molar-refractivity contribution in [1.29, 1.82) is 0 Å². The first kappa shape index (κ1) is 26.9. The van der Waals surface area contributed by atoms with Crippen molar-refractivity contribution in [3.05, 3.63) is 59.6 Å². The molecule has 0 bridgehead atoms. The number of carbonyl (C=O) groups is 2. The molecule has 1 aromatic heterocycles. The number of fused-ring (bicyclic) bond motifs is 1. The molecule has 2 aliphatic rings. The predicted octanol–water partition coefficient (Wildman–Crippen LogP) is 3.95. The summed E-state index contributed by atoms with van der Waals surface area (Å²) < 4.78 is 29.8. The van der Waals surface area contributed by atoms with E-state index in [0.717, 1.165) is 40.0 Å². The van der Waals surface area contributed by atoms with Gasteiger partial charge < -0.3 is 14.7 Å². The van der Waals surface area contributed by atoms with Gasteiger partial charge in [-0.2, -0.15) is 4.72 Å². The van der Waals surface area contributed by atoms with Crippen molar-refractivity contribution < 1.29 is 18.0 Å². The highest BCUT2D eigenvalue weighted by Crippen LogP contribution is 2.31. The average molecular weight is 575 g/mol. The molecule has 11 heteroatoms. The second-order valence-electron chi connectivity index (χ2n) is 9.92. The number of likely N-dealkylation sites (N-methyl/N-ethyl adjacent to an activating group) is 1. The van der Waals surface area contributed by atoms with E-state index in [2.05, 4.69) is 9.62 Å². The maximum absolute atomic E-state index is 13.3. The van der Waals surface area contributed by atoms with E-state index in [4.69, 9.17) is 11.6 Å². The molecule has 3 heterocycles. The number of rotatable bonds is 8. The van der Waals surface area contributed by atoms with Crippen molar-refractivity contribution >= 4 is 60.5 Å². The minimum absolute atomic E-state index is 0.0377. The Labute approximate surface area is 232 Å². The zero-order valence-electron chi connectivity index (χ0n) is 21.2.